The number of carbonyl (C=O) groups is 2. The Morgan fingerprint density at radius 2 is 1.95 bits per heavy atom. The van der Waals surface area contributed by atoms with Gasteiger partial charge in [0, 0.05) is 13.6 Å². The van der Waals surface area contributed by atoms with Gasteiger partial charge in [-0.3, -0.25) is 9.59 Å². The molecule has 2 amide bonds. The first-order chi connectivity index (χ1) is 9.05. The molecule has 0 bridgehead atoms. The van der Waals surface area contributed by atoms with Gasteiger partial charge in [0.05, 0.1) is 12.6 Å². The first-order valence-electron chi connectivity index (χ1n) is 6.99. The molecule has 1 saturated carbocycles. The average Bonchev–Trinajstić information content (AvgIpc) is 2.44. The van der Waals surface area contributed by atoms with Crippen LogP contribution in [0.3, 0.4) is 0 Å². The van der Waals surface area contributed by atoms with E-state index in [0.717, 1.165) is 25.7 Å². The predicted octanol–water partition coefficient (Wildman–Crippen LogP) is 1.45. The number of likely N-dealkylation sites (N-methyl/N-ethyl adjacent to an activating group) is 1. The summed E-state index contributed by atoms with van der Waals surface area (Å²) in [6.45, 7) is 2.62. The third-order valence-electron chi connectivity index (χ3n) is 3.63. The molecule has 1 aliphatic carbocycles. The van der Waals surface area contributed by atoms with Crippen molar-refractivity contribution >= 4 is 11.8 Å². The fourth-order valence-corrected chi connectivity index (χ4v) is 2.50. The maximum absolute atomic E-state index is 12.4. The molecule has 1 aliphatic rings. The highest BCUT2D eigenvalue weighted by Crippen LogP contribution is 2.37. The number of nitrogens with one attached hydrogen (secondary N) is 1. The van der Waals surface area contributed by atoms with Crippen LogP contribution in [0.1, 0.15) is 45.4 Å². The van der Waals surface area contributed by atoms with E-state index < -0.39 is 5.41 Å². The molecule has 0 aliphatic heterocycles. The SMILES string of the molecule is CCCNC(=O)CN(C)C(=O)C1(C#N)CCCCC1. The summed E-state index contributed by atoms with van der Waals surface area (Å²) in [5.41, 5.74) is -0.905. The zero-order chi connectivity index (χ0) is 14.3. The number of nitriles is 1. The number of nitrogens with zero attached hydrogens (tertiary/aromatic N) is 2. The molecule has 0 spiro atoms. The summed E-state index contributed by atoms with van der Waals surface area (Å²) in [5, 5.41) is 12.1. The van der Waals surface area contributed by atoms with Crippen molar-refractivity contribution in [1.29, 1.82) is 5.26 Å². The van der Waals surface area contributed by atoms with Gasteiger partial charge in [0.15, 0.2) is 0 Å². The van der Waals surface area contributed by atoms with Crippen molar-refractivity contribution in [3.05, 3.63) is 0 Å². The lowest BCUT2D eigenvalue weighted by Gasteiger charge is -2.32. The largest absolute Gasteiger partial charge is 0.355 e. The van der Waals surface area contributed by atoms with E-state index in [9.17, 15) is 14.9 Å². The van der Waals surface area contributed by atoms with Gasteiger partial charge in [0.1, 0.15) is 5.41 Å². The molecule has 1 rings (SSSR count). The molecule has 0 atom stereocenters. The van der Waals surface area contributed by atoms with E-state index in [1.807, 2.05) is 6.92 Å². The van der Waals surface area contributed by atoms with Gasteiger partial charge in [0.25, 0.3) is 0 Å². The number of carbonyl (C=O) groups excluding carboxylic acids is 2. The van der Waals surface area contributed by atoms with Crippen LogP contribution < -0.4 is 5.32 Å². The summed E-state index contributed by atoms with van der Waals surface area (Å²) in [5.74, 6) is -0.372. The summed E-state index contributed by atoms with van der Waals surface area (Å²) in [7, 11) is 1.60. The maximum Gasteiger partial charge on any atom is 0.243 e. The van der Waals surface area contributed by atoms with Crippen LogP contribution in [0.2, 0.25) is 0 Å². The molecular formula is C14H23N3O2. The van der Waals surface area contributed by atoms with Gasteiger partial charge in [-0.05, 0) is 19.3 Å². The minimum atomic E-state index is -0.905. The highest BCUT2D eigenvalue weighted by atomic mass is 16.2. The minimum Gasteiger partial charge on any atom is -0.355 e. The smallest absolute Gasteiger partial charge is 0.243 e. The Bertz CT molecular complexity index is 367. The number of hydrogen-bond acceptors (Lipinski definition) is 3. The fourth-order valence-electron chi connectivity index (χ4n) is 2.50. The molecule has 0 unspecified atom stereocenters. The number of amides is 2. The van der Waals surface area contributed by atoms with E-state index in [1.165, 1.54) is 4.90 Å². The molecule has 0 aromatic carbocycles. The summed E-state index contributed by atoms with van der Waals surface area (Å²) >= 11 is 0. The Balaban J connectivity index is 2.60. The normalized spacial score (nSPS) is 17.3. The zero-order valence-electron chi connectivity index (χ0n) is 11.9. The van der Waals surface area contributed by atoms with Crippen molar-refractivity contribution < 1.29 is 9.59 Å². The van der Waals surface area contributed by atoms with Crippen LogP contribution in [0.15, 0.2) is 0 Å². The molecule has 0 aromatic heterocycles. The van der Waals surface area contributed by atoms with E-state index in [-0.39, 0.29) is 18.4 Å². The molecule has 19 heavy (non-hydrogen) atoms. The molecule has 0 saturated heterocycles. The third kappa shape index (κ3) is 3.95. The van der Waals surface area contributed by atoms with Crippen LogP contribution in [-0.4, -0.2) is 36.9 Å². The standard InChI is InChI=1S/C14H23N3O2/c1-3-9-16-12(18)10-17(2)13(19)14(11-15)7-5-4-6-8-14/h3-10H2,1-2H3,(H,16,18). The monoisotopic (exact) mass is 265 g/mol. The van der Waals surface area contributed by atoms with Crippen LogP contribution in [-0.2, 0) is 9.59 Å². The van der Waals surface area contributed by atoms with E-state index in [2.05, 4.69) is 11.4 Å². The van der Waals surface area contributed by atoms with Gasteiger partial charge in [-0.15, -0.1) is 0 Å². The molecule has 0 radical (unpaired) electrons. The molecule has 106 valence electrons. The lowest BCUT2D eigenvalue weighted by atomic mass is 9.74. The second kappa shape index (κ2) is 7.13. The molecule has 5 nitrogen and oxygen atoms in total. The average molecular weight is 265 g/mol. The first kappa shape index (κ1) is 15.5. The highest BCUT2D eigenvalue weighted by molar-refractivity contribution is 5.89. The van der Waals surface area contributed by atoms with Crippen LogP contribution in [0, 0.1) is 16.7 Å². The number of hydrogen-bond donors (Lipinski definition) is 1. The van der Waals surface area contributed by atoms with Crippen molar-refractivity contribution in [2.75, 3.05) is 20.1 Å². The molecular weight excluding hydrogens is 242 g/mol. The Labute approximate surface area is 115 Å². The Hall–Kier alpha value is -1.57. The Morgan fingerprint density at radius 1 is 1.32 bits per heavy atom. The van der Waals surface area contributed by atoms with Crippen molar-refractivity contribution in [3.8, 4) is 6.07 Å². The topological polar surface area (TPSA) is 73.2 Å². The van der Waals surface area contributed by atoms with E-state index in [0.29, 0.717) is 19.4 Å². The van der Waals surface area contributed by atoms with Gasteiger partial charge in [-0.25, -0.2) is 0 Å². The summed E-state index contributed by atoms with van der Waals surface area (Å²) < 4.78 is 0. The van der Waals surface area contributed by atoms with Gasteiger partial charge in [-0.1, -0.05) is 26.2 Å². The molecule has 0 aromatic rings. The Kier molecular flexibility index (Phi) is 5.81. The predicted molar refractivity (Wildman–Crippen MR) is 72.1 cm³/mol. The fraction of sp³-hybridized carbons (Fsp3) is 0.786. The van der Waals surface area contributed by atoms with Crippen LogP contribution >= 0.6 is 0 Å². The third-order valence-corrected chi connectivity index (χ3v) is 3.63. The van der Waals surface area contributed by atoms with Crippen molar-refractivity contribution in [1.82, 2.24) is 10.2 Å². The molecule has 1 fully saturated rings. The van der Waals surface area contributed by atoms with Gasteiger partial charge >= 0.3 is 0 Å². The first-order valence-corrected chi connectivity index (χ1v) is 6.99. The van der Waals surface area contributed by atoms with Crippen LogP contribution in [0.25, 0.3) is 0 Å². The van der Waals surface area contributed by atoms with Crippen LogP contribution in [0.4, 0.5) is 0 Å². The summed E-state index contributed by atoms with van der Waals surface area (Å²) in [6, 6.07) is 2.19. The van der Waals surface area contributed by atoms with Crippen molar-refractivity contribution in [2.45, 2.75) is 45.4 Å². The lowest BCUT2D eigenvalue weighted by molar-refractivity contribution is -0.142. The zero-order valence-corrected chi connectivity index (χ0v) is 11.9. The lowest BCUT2D eigenvalue weighted by Crippen LogP contribution is -2.46. The molecule has 1 N–H and O–H groups in total. The molecule has 5 heteroatoms. The van der Waals surface area contributed by atoms with Crippen molar-refractivity contribution in [2.24, 2.45) is 5.41 Å². The highest BCUT2D eigenvalue weighted by Gasteiger charge is 2.41. The number of rotatable bonds is 5. The van der Waals surface area contributed by atoms with E-state index in [4.69, 9.17) is 0 Å². The Morgan fingerprint density at radius 3 is 2.47 bits per heavy atom. The summed E-state index contributed by atoms with van der Waals surface area (Å²) in [4.78, 5) is 25.4. The minimum absolute atomic E-state index is 0.0300. The second-order valence-corrected chi connectivity index (χ2v) is 5.27. The quantitative estimate of drug-likeness (QED) is 0.817. The van der Waals surface area contributed by atoms with Gasteiger partial charge in [-0.2, -0.15) is 5.26 Å². The second-order valence-electron chi connectivity index (χ2n) is 5.27. The van der Waals surface area contributed by atoms with E-state index in [1.54, 1.807) is 7.05 Å². The van der Waals surface area contributed by atoms with Gasteiger partial charge in [0.2, 0.25) is 11.8 Å². The van der Waals surface area contributed by atoms with Gasteiger partial charge < -0.3 is 10.2 Å². The van der Waals surface area contributed by atoms with Crippen molar-refractivity contribution in [3.63, 3.8) is 0 Å². The molecule has 0 heterocycles. The maximum atomic E-state index is 12.4. The van der Waals surface area contributed by atoms with Crippen LogP contribution in [0.5, 0.6) is 0 Å². The van der Waals surface area contributed by atoms with E-state index >= 15 is 0 Å². The summed E-state index contributed by atoms with van der Waals surface area (Å²) in [6.07, 6.45) is 5.00.